The fourth-order valence-corrected chi connectivity index (χ4v) is 3.12. The van der Waals surface area contributed by atoms with Gasteiger partial charge in [0.25, 0.3) is 0 Å². The molecule has 2 aromatic rings. The number of hydrogen-bond donors (Lipinski definition) is 0. The average molecular weight is 507 g/mol. The highest BCUT2D eigenvalue weighted by molar-refractivity contribution is 5.94. The highest BCUT2D eigenvalue weighted by Crippen LogP contribution is 2.19. The third-order valence-corrected chi connectivity index (χ3v) is 4.65. The minimum Gasteiger partial charge on any atom is -0.466 e. The van der Waals surface area contributed by atoms with Crippen molar-refractivity contribution in [2.24, 2.45) is 0 Å². The van der Waals surface area contributed by atoms with Gasteiger partial charge in [0.05, 0.1) is 47.9 Å². The van der Waals surface area contributed by atoms with Crippen LogP contribution in [0.5, 0.6) is 0 Å². The smallest absolute Gasteiger partial charge is 0.341 e. The van der Waals surface area contributed by atoms with E-state index in [1.165, 1.54) is 6.92 Å². The van der Waals surface area contributed by atoms with Gasteiger partial charge in [-0.1, -0.05) is 0 Å². The molecule has 0 aromatic carbocycles. The SMILES string of the molecule is CCOC(=O)CC(C)=O.CCOC(=O)c1cnn(C(C)(C)C)c1C.Cc1c(C=O)cnn1C(C)(C)C. The van der Waals surface area contributed by atoms with Gasteiger partial charge in [-0.05, 0) is 76.2 Å². The van der Waals surface area contributed by atoms with Gasteiger partial charge < -0.3 is 9.47 Å². The fraction of sp³-hybridized carbons (Fsp3) is 0.615. The molecule has 0 aliphatic heterocycles. The summed E-state index contributed by atoms with van der Waals surface area (Å²) in [6.45, 7) is 21.7. The van der Waals surface area contributed by atoms with Crippen LogP contribution in [-0.4, -0.2) is 56.8 Å². The minimum atomic E-state index is -0.440. The second kappa shape index (κ2) is 14.3. The summed E-state index contributed by atoms with van der Waals surface area (Å²) >= 11 is 0. The number of carbonyl (C=O) groups is 4. The van der Waals surface area contributed by atoms with E-state index >= 15 is 0 Å². The molecular formula is C26H42N4O6. The van der Waals surface area contributed by atoms with Crippen molar-refractivity contribution < 1.29 is 28.7 Å². The largest absolute Gasteiger partial charge is 0.466 e. The van der Waals surface area contributed by atoms with Gasteiger partial charge in [-0.3, -0.25) is 23.7 Å². The second-order valence-electron chi connectivity index (χ2n) is 10.0. The number of ketones is 1. The van der Waals surface area contributed by atoms with Crippen LogP contribution in [0.1, 0.15) is 101 Å². The van der Waals surface area contributed by atoms with Gasteiger partial charge >= 0.3 is 11.9 Å². The molecular weight excluding hydrogens is 464 g/mol. The van der Waals surface area contributed by atoms with Gasteiger partial charge in [0.1, 0.15) is 17.8 Å². The van der Waals surface area contributed by atoms with Crippen LogP contribution in [0.15, 0.2) is 12.4 Å². The van der Waals surface area contributed by atoms with E-state index in [9.17, 15) is 19.2 Å². The zero-order chi connectivity index (χ0) is 28.3. The molecule has 0 saturated heterocycles. The Morgan fingerprint density at radius 1 is 0.861 bits per heavy atom. The first-order valence-electron chi connectivity index (χ1n) is 11.9. The zero-order valence-corrected chi connectivity index (χ0v) is 23.6. The molecule has 0 unspecified atom stereocenters. The number of ether oxygens (including phenoxy) is 2. The maximum Gasteiger partial charge on any atom is 0.341 e. The number of aldehydes is 1. The molecule has 10 nitrogen and oxygen atoms in total. The van der Waals surface area contributed by atoms with E-state index in [2.05, 4.69) is 35.7 Å². The van der Waals surface area contributed by atoms with E-state index in [0.717, 1.165) is 17.7 Å². The van der Waals surface area contributed by atoms with Crippen molar-refractivity contribution in [1.29, 1.82) is 0 Å². The van der Waals surface area contributed by atoms with Crippen molar-refractivity contribution in [2.45, 2.75) is 93.7 Å². The van der Waals surface area contributed by atoms with E-state index in [1.807, 2.05) is 44.0 Å². The van der Waals surface area contributed by atoms with Crippen molar-refractivity contribution in [3.63, 3.8) is 0 Å². The second-order valence-corrected chi connectivity index (χ2v) is 10.0. The summed E-state index contributed by atoms with van der Waals surface area (Å²) in [7, 11) is 0. The molecule has 0 saturated carbocycles. The molecule has 0 N–H and O–H groups in total. The Kier molecular flexibility index (Phi) is 13.0. The van der Waals surface area contributed by atoms with Crippen LogP contribution in [-0.2, 0) is 30.1 Å². The molecule has 202 valence electrons. The van der Waals surface area contributed by atoms with Crippen LogP contribution in [0.3, 0.4) is 0 Å². The molecule has 0 bridgehead atoms. The van der Waals surface area contributed by atoms with Crippen LogP contribution in [0.2, 0.25) is 0 Å². The summed E-state index contributed by atoms with van der Waals surface area (Å²) in [6, 6.07) is 0. The first-order chi connectivity index (χ1) is 16.5. The van der Waals surface area contributed by atoms with Crippen LogP contribution < -0.4 is 0 Å². The lowest BCUT2D eigenvalue weighted by Gasteiger charge is -2.21. The lowest BCUT2D eigenvalue weighted by Crippen LogP contribution is -2.24. The van der Waals surface area contributed by atoms with E-state index in [1.54, 1.807) is 26.2 Å². The monoisotopic (exact) mass is 506 g/mol. The summed E-state index contributed by atoms with van der Waals surface area (Å²) in [6.07, 6.45) is 3.91. The molecule has 0 aliphatic carbocycles. The van der Waals surface area contributed by atoms with Gasteiger partial charge in [0, 0.05) is 5.69 Å². The Balaban J connectivity index is 0.000000529. The topological polar surface area (TPSA) is 122 Å². The Morgan fingerprint density at radius 2 is 1.33 bits per heavy atom. The molecule has 0 atom stereocenters. The first kappa shape index (κ1) is 32.7. The first-order valence-corrected chi connectivity index (χ1v) is 11.9. The average Bonchev–Trinajstić information content (AvgIpc) is 3.30. The molecule has 36 heavy (non-hydrogen) atoms. The van der Waals surface area contributed by atoms with E-state index in [0.29, 0.717) is 24.3 Å². The molecule has 10 heteroatoms. The summed E-state index contributed by atoms with van der Waals surface area (Å²) in [4.78, 5) is 42.7. The molecule has 0 amide bonds. The summed E-state index contributed by atoms with van der Waals surface area (Å²) in [5.74, 6) is -0.899. The Morgan fingerprint density at radius 3 is 1.67 bits per heavy atom. The minimum absolute atomic E-state index is 0.0503. The summed E-state index contributed by atoms with van der Waals surface area (Å²) in [5.41, 5.74) is 2.83. The molecule has 0 radical (unpaired) electrons. The number of carbonyl (C=O) groups excluding carboxylic acids is 4. The molecule has 2 heterocycles. The van der Waals surface area contributed by atoms with Gasteiger partial charge in [-0.25, -0.2) is 4.79 Å². The Bertz CT molecular complexity index is 1020. The van der Waals surface area contributed by atoms with Crippen molar-refractivity contribution in [1.82, 2.24) is 19.6 Å². The third kappa shape index (κ3) is 10.5. The number of nitrogens with zero attached hydrogens (tertiary/aromatic N) is 4. The van der Waals surface area contributed by atoms with E-state index < -0.39 is 5.97 Å². The molecule has 2 rings (SSSR count). The lowest BCUT2D eigenvalue weighted by molar-refractivity contribution is -0.145. The van der Waals surface area contributed by atoms with Gasteiger partial charge in [-0.15, -0.1) is 0 Å². The highest BCUT2D eigenvalue weighted by Gasteiger charge is 2.22. The van der Waals surface area contributed by atoms with E-state index in [4.69, 9.17) is 4.74 Å². The van der Waals surface area contributed by atoms with Crippen molar-refractivity contribution in [3.8, 4) is 0 Å². The normalized spacial score (nSPS) is 10.9. The standard InChI is InChI=1S/C11H18N2O2.C9H14N2O.C6H10O3/c1-6-15-10(14)9-7-12-13(8(9)2)11(3,4)5;1-7-8(6-12)5-10-11(7)9(2,3)4;1-3-9-6(8)4-5(2)7/h7H,6H2,1-5H3;5-6H,1-4H3;3-4H2,1-2H3. The maximum atomic E-state index is 11.5. The summed E-state index contributed by atoms with van der Waals surface area (Å²) < 4.78 is 13.1. The molecule has 0 fully saturated rings. The van der Waals surface area contributed by atoms with Gasteiger partial charge in [0.2, 0.25) is 0 Å². The molecule has 2 aromatic heterocycles. The highest BCUT2D eigenvalue weighted by atomic mass is 16.5. The number of esters is 2. The van der Waals surface area contributed by atoms with Crippen molar-refractivity contribution in [3.05, 3.63) is 34.9 Å². The van der Waals surface area contributed by atoms with Crippen LogP contribution in [0, 0.1) is 13.8 Å². The number of hydrogen-bond acceptors (Lipinski definition) is 8. The van der Waals surface area contributed by atoms with E-state index in [-0.39, 0.29) is 29.3 Å². The van der Waals surface area contributed by atoms with Gasteiger partial charge in [0.15, 0.2) is 6.29 Å². The van der Waals surface area contributed by atoms with Crippen molar-refractivity contribution >= 4 is 24.0 Å². The lowest BCUT2D eigenvalue weighted by atomic mass is 10.1. The number of Topliss-reactive ketones (excluding diaryl/α,β-unsaturated/α-hetero) is 1. The van der Waals surface area contributed by atoms with Crippen LogP contribution in [0.4, 0.5) is 0 Å². The third-order valence-electron chi connectivity index (χ3n) is 4.65. The maximum absolute atomic E-state index is 11.5. The predicted molar refractivity (Wildman–Crippen MR) is 137 cm³/mol. The number of rotatable bonds is 6. The molecule has 0 spiro atoms. The predicted octanol–water partition coefficient (Wildman–Crippen LogP) is 4.41. The quantitative estimate of drug-likeness (QED) is 0.321. The van der Waals surface area contributed by atoms with Crippen molar-refractivity contribution in [2.75, 3.05) is 13.2 Å². The molecule has 0 aliphatic rings. The Hall–Kier alpha value is -3.30. The van der Waals surface area contributed by atoms with Gasteiger partial charge in [-0.2, -0.15) is 10.2 Å². The van der Waals surface area contributed by atoms with Crippen LogP contribution in [0.25, 0.3) is 0 Å². The Labute approximate surface area is 214 Å². The van der Waals surface area contributed by atoms with Crippen LogP contribution >= 0.6 is 0 Å². The summed E-state index contributed by atoms with van der Waals surface area (Å²) in [5, 5.41) is 8.35. The zero-order valence-electron chi connectivity index (χ0n) is 23.6. The fourth-order valence-electron chi connectivity index (χ4n) is 3.12. The number of aromatic nitrogens is 4.